The van der Waals surface area contributed by atoms with Gasteiger partial charge >= 0.3 is 6.03 Å². The van der Waals surface area contributed by atoms with Gasteiger partial charge in [0, 0.05) is 42.6 Å². The fraction of sp³-hybridized carbons (Fsp3) is 0.333. The van der Waals surface area contributed by atoms with Crippen molar-refractivity contribution < 1.29 is 14.0 Å². The summed E-state index contributed by atoms with van der Waals surface area (Å²) in [5.41, 5.74) is 9.15. The molecular formula is C27H32FN7O2S. The summed E-state index contributed by atoms with van der Waals surface area (Å²) in [5.74, 6) is -0.726. The Bertz CT molecular complexity index is 1330. The molecule has 0 saturated carbocycles. The molecule has 9 nitrogen and oxygen atoms in total. The predicted octanol–water partition coefficient (Wildman–Crippen LogP) is 5.75. The number of dihydropyridines is 1. The monoisotopic (exact) mass is 537 g/mol. The Morgan fingerprint density at radius 1 is 1.18 bits per heavy atom. The summed E-state index contributed by atoms with van der Waals surface area (Å²) in [5, 5.41) is 8.00. The topological polar surface area (TPSA) is 118 Å². The fourth-order valence-corrected chi connectivity index (χ4v) is 5.37. The molecule has 0 bridgehead atoms. The van der Waals surface area contributed by atoms with E-state index in [1.165, 1.54) is 17.4 Å². The van der Waals surface area contributed by atoms with Gasteiger partial charge in [-0.05, 0) is 67.3 Å². The molecule has 0 spiro atoms. The SMILES string of the molecule is CC.NC(=O)Nc1ccc(N2CCCC2c2csc(NC(=O)c3cccn3CC3=CC(F)=NCC3)n2)cc1. The molecule has 2 aliphatic rings. The van der Waals surface area contributed by atoms with Crippen LogP contribution in [0.2, 0.25) is 0 Å². The number of allylic oxidation sites excluding steroid dienone is 1. The molecule has 11 heteroatoms. The van der Waals surface area contributed by atoms with Crippen LogP contribution in [0, 0.1) is 0 Å². The Hall–Kier alpha value is -3.99. The Kier molecular flexibility index (Phi) is 8.90. The van der Waals surface area contributed by atoms with E-state index in [0.717, 1.165) is 36.3 Å². The summed E-state index contributed by atoms with van der Waals surface area (Å²) in [6, 6.07) is 10.6. The molecule has 200 valence electrons. The number of amides is 3. The molecule has 3 amide bonds. The minimum Gasteiger partial charge on any atom is -0.363 e. The number of hydrogen-bond acceptors (Lipinski definition) is 6. The van der Waals surface area contributed by atoms with Crippen LogP contribution in [-0.2, 0) is 6.54 Å². The summed E-state index contributed by atoms with van der Waals surface area (Å²) in [7, 11) is 0. The lowest BCUT2D eigenvalue weighted by molar-refractivity contribution is 0.101. The molecule has 1 fully saturated rings. The zero-order valence-corrected chi connectivity index (χ0v) is 22.3. The fourth-order valence-electron chi connectivity index (χ4n) is 4.61. The van der Waals surface area contributed by atoms with Gasteiger partial charge in [-0.25, -0.2) is 9.78 Å². The van der Waals surface area contributed by atoms with E-state index in [2.05, 4.69) is 20.5 Å². The molecule has 1 unspecified atom stereocenters. The van der Waals surface area contributed by atoms with E-state index in [4.69, 9.17) is 10.7 Å². The highest BCUT2D eigenvalue weighted by molar-refractivity contribution is 7.14. The summed E-state index contributed by atoms with van der Waals surface area (Å²) < 4.78 is 15.3. The third-order valence-electron chi connectivity index (χ3n) is 6.26. The number of nitrogens with two attached hydrogens (primary N) is 1. The first-order valence-electron chi connectivity index (χ1n) is 12.7. The Balaban J connectivity index is 0.00000164. The van der Waals surface area contributed by atoms with Crippen molar-refractivity contribution >= 4 is 45.7 Å². The van der Waals surface area contributed by atoms with E-state index in [1.54, 1.807) is 12.1 Å². The van der Waals surface area contributed by atoms with E-state index in [0.29, 0.717) is 36.0 Å². The number of carbonyl (C=O) groups is 2. The second kappa shape index (κ2) is 12.5. The molecule has 2 aliphatic heterocycles. The van der Waals surface area contributed by atoms with Gasteiger partial charge in [-0.2, -0.15) is 4.39 Å². The second-order valence-electron chi connectivity index (χ2n) is 8.70. The van der Waals surface area contributed by atoms with E-state index in [-0.39, 0.29) is 11.9 Å². The molecule has 0 aliphatic carbocycles. The Morgan fingerprint density at radius 2 is 1.97 bits per heavy atom. The number of benzene rings is 1. The highest BCUT2D eigenvalue weighted by atomic mass is 32.1. The molecule has 4 N–H and O–H groups in total. The van der Waals surface area contributed by atoms with Crippen LogP contribution in [0.3, 0.4) is 0 Å². The normalized spacial score (nSPS) is 16.7. The van der Waals surface area contributed by atoms with Crippen LogP contribution >= 0.6 is 11.3 Å². The van der Waals surface area contributed by atoms with E-state index in [9.17, 15) is 14.0 Å². The number of nitrogens with zero attached hydrogens (tertiary/aromatic N) is 4. The number of thiazole rings is 1. The van der Waals surface area contributed by atoms with Gasteiger partial charge in [0.2, 0.25) is 5.97 Å². The molecule has 5 rings (SSSR count). The van der Waals surface area contributed by atoms with Crippen LogP contribution in [0.5, 0.6) is 0 Å². The molecule has 1 saturated heterocycles. The van der Waals surface area contributed by atoms with Gasteiger partial charge < -0.3 is 20.5 Å². The summed E-state index contributed by atoms with van der Waals surface area (Å²) >= 11 is 1.39. The predicted molar refractivity (Wildman–Crippen MR) is 151 cm³/mol. The first-order valence-corrected chi connectivity index (χ1v) is 13.6. The third-order valence-corrected chi connectivity index (χ3v) is 7.03. The van der Waals surface area contributed by atoms with Crippen molar-refractivity contribution in [3.63, 3.8) is 0 Å². The molecule has 1 atom stereocenters. The molecule has 1 aromatic carbocycles. The molecule has 3 aromatic rings. The average molecular weight is 538 g/mol. The maximum Gasteiger partial charge on any atom is 0.316 e. The van der Waals surface area contributed by atoms with Crippen LogP contribution in [0.4, 0.5) is 25.7 Å². The van der Waals surface area contributed by atoms with Gasteiger partial charge in [-0.15, -0.1) is 11.3 Å². The maximum atomic E-state index is 13.5. The zero-order valence-electron chi connectivity index (χ0n) is 21.5. The highest BCUT2D eigenvalue weighted by Crippen LogP contribution is 2.37. The van der Waals surface area contributed by atoms with Gasteiger partial charge in [-0.3, -0.25) is 15.1 Å². The van der Waals surface area contributed by atoms with Crippen LogP contribution in [0.1, 0.15) is 55.3 Å². The largest absolute Gasteiger partial charge is 0.363 e. The number of carbonyl (C=O) groups excluding carboxylic acids is 2. The van der Waals surface area contributed by atoms with Gasteiger partial charge in [0.05, 0.1) is 11.7 Å². The van der Waals surface area contributed by atoms with Crippen molar-refractivity contribution in [3.05, 3.63) is 71.0 Å². The Morgan fingerprint density at radius 3 is 2.71 bits per heavy atom. The van der Waals surface area contributed by atoms with Crippen molar-refractivity contribution in [2.24, 2.45) is 10.7 Å². The van der Waals surface area contributed by atoms with Gasteiger partial charge in [0.15, 0.2) is 5.13 Å². The number of urea groups is 1. The molecule has 38 heavy (non-hydrogen) atoms. The first kappa shape index (κ1) is 27.1. The number of nitrogens with one attached hydrogen (secondary N) is 2. The lowest BCUT2D eigenvalue weighted by atomic mass is 10.1. The summed E-state index contributed by atoms with van der Waals surface area (Å²) in [6.07, 6.45) is 5.90. The van der Waals surface area contributed by atoms with Crippen LogP contribution in [0.25, 0.3) is 0 Å². The van der Waals surface area contributed by atoms with E-state index < -0.39 is 12.0 Å². The number of primary amides is 1. The number of anilines is 3. The number of halogens is 1. The van der Waals surface area contributed by atoms with Crippen LogP contribution in [0.15, 0.2) is 64.6 Å². The third kappa shape index (κ3) is 6.46. The smallest absolute Gasteiger partial charge is 0.316 e. The molecule has 0 radical (unpaired) electrons. The van der Waals surface area contributed by atoms with Gasteiger partial charge in [0.1, 0.15) is 5.69 Å². The van der Waals surface area contributed by atoms with Crippen molar-refractivity contribution in [2.75, 3.05) is 28.6 Å². The van der Waals surface area contributed by atoms with Crippen molar-refractivity contribution in [1.82, 2.24) is 9.55 Å². The molecular weight excluding hydrogens is 505 g/mol. The number of aromatic nitrogens is 2. The quantitative estimate of drug-likeness (QED) is 0.355. The number of aliphatic imine (C=N–C) groups is 1. The summed E-state index contributed by atoms with van der Waals surface area (Å²) in [6.45, 7) is 5.75. The average Bonchev–Trinajstić information content (AvgIpc) is 3.66. The van der Waals surface area contributed by atoms with Crippen LogP contribution < -0.4 is 21.3 Å². The van der Waals surface area contributed by atoms with E-state index in [1.807, 2.05) is 54.3 Å². The zero-order chi connectivity index (χ0) is 27.1. The number of hydrogen-bond donors (Lipinski definition) is 3. The van der Waals surface area contributed by atoms with Crippen molar-refractivity contribution in [1.29, 1.82) is 0 Å². The first-order chi connectivity index (χ1) is 18.5. The minimum absolute atomic E-state index is 0.0977. The Labute approximate surface area is 225 Å². The highest BCUT2D eigenvalue weighted by Gasteiger charge is 2.28. The summed E-state index contributed by atoms with van der Waals surface area (Å²) in [4.78, 5) is 34.8. The van der Waals surface area contributed by atoms with Crippen molar-refractivity contribution in [3.8, 4) is 0 Å². The number of rotatable bonds is 7. The van der Waals surface area contributed by atoms with Crippen molar-refractivity contribution in [2.45, 2.75) is 45.7 Å². The van der Waals surface area contributed by atoms with Gasteiger partial charge in [-0.1, -0.05) is 13.8 Å². The maximum absolute atomic E-state index is 13.5. The molecule has 2 aromatic heterocycles. The second-order valence-corrected chi connectivity index (χ2v) is 9.56. The lowest BCUT2D eigenvalue weighted by Crippen LogP contribution is -2.23. The lowest BCUT2D eigenvalue weighted by Gasteiger charge is -2.25. The standard InChI is InChI=1S/C25H26FN7O2S.C2H6/c26-22-13-16(9-10-28-22)14-32-11-1-4-21(32)23(34)31-25-30-19(15-36-25)20-3-2-12-33(20)18-7-5-17(6-8-18)29-24(27)35;1-2/h1,4-8,11,13,15,20H,2-3,9-10,12,14H2,(H3,27,29,35)(H,30,31,34);1-2H3. The molecule has 4 heterocycles. The minimum atomic E-state index is -0.597. The van der Waals surface area contributed by atoms with Crippen LogP contribution in [-0.4, -0.2) is 40.5 Å². The van der Waals surface area contributed by atoms with Gasteiger partial charge in [0.25, 0.3) is 5.91 Å². The van der Waals surface area contributed by atoms with E-state index >= 15 is 0 Å².